The van der Waals surface area contributed by atoms with Gasteiger partial charge in [0.25, 0.3) is 5.69 Å². The zero-order chi connectivity index (χ0) is 15.9. The first-order valence-electron chi connectivity index (χ1n) is 6.76. The molecule has 0 aliphatic rings. The Bertz CT molecular complexity index is 542. The van der Waals surface area contributed by atoms with E-state index in [1.54, 1.807) is 18.2 Å². The lowest BCUT2D eigenvalue weighted by Gasteiger charge is -2.28. The van der Waals surface area contributed by atoms with Crippen LogP contribution in [0.3, 0.4) is 0 Å². The van der Waals surface area contributed by atoms with E-state index in [0.717, 1.165) is 0 Å². The number of benzene rings is 1. The molecular formula is C15H20N2O4. The molecule has 0 radical (unpaired) electrons. The predicted octanol–water partition coefficient (Wildman–Crippen LogP) is 2.28. The Labute approximate surface area is 123 Å². The summed E-state index contributed by atoms with van der Waals surface area (Å²) in [5, 5.41) is 22.7. The van der Waals surface area contributed by atoms with E-state index < -0.39 is 10.5 Å². The van der Waals surface area contributed by atoms with E-state index in [2.05, 4.69) is 5.32 Å². The normalized spacial score (nSPS) is 13.9. The second-order valence-corrected chi connectivity index (χ2v) is 5.03. The lowest BCUT2D eigenvalue weighted by molar-refractivity contribution is -0.385. The van der Waals surface area contributed by atoms with Gasteiger partial charge in [-0.15, -0.1) is 0 Å². The number of nitro groups is 1. The van der Waals surface area contributed by atoms with Crippen LogP contribution in [0.15, 0.2) is 30.3 Å². The Kier molecular flexibility index (Phi) is 6.05. The van der Waals surface area contributed by atoms with Gasteiger partial charge in [-0.05, 0) is 31.9 Å². The van der Waals surface area contributed by atoms with Gasteiger partial charge in [0, 0.05) is 24.3 Å². The molecule has 6 nitrogen and oxygen atoms in total. The fourth-order valence-electron chi connectivity index (χ4n) is 1.87. The molecule has 0 spiro atoms. The SMILES string of the molecule is CCC(C)(CCO)NC(=O)/C=C/c1ccccc1[N+](=O)[O-]. The summed E-state index contributed by atoms with van der Waals surface area (Å²) in [4.78, 5) is 22.3. The van der Waals surface area contributed by atoms with Gasteiger partial charge in [0.1, 0.15) is 0 Å². The molecule has 0 bridgehead atoms. The molecule has 0 aliphatic heterocycles. The van der Waals surface area contributed by atoms with Crippen molar-refractivity contribution >= 4 is 17.7 Å². The molecule has 0 aliphatic carbocycles. The third-order valence-electron chi connectivity index (χ3n) is 3.42. The van der Waals surface area contributed by atoms with E-state index in [-0.39, 0.29) is 18.2 Å². The number of amides is 1. The number of para-hydroxylation sites is 1. The molecule has 21 heavy (non-hydrogen) atoms. The van der Waals surface area contributed by atoms with Crippen LogP contribution in [0.1, 0.15) is 32.3 Å². The van der Waals surface area contributed by atoms with Crippen LogP contribution in [0, 0.1) is 10.1 Å². The van der Waals surface area contributed by atoms with Crippen LogP contribution in [0.25, 0.3) is 6.08 Å². The second-order valence-electron chi connectivity index (χ2n) is 5.03. The smallest absolute Gasteiger partial charge is 0.276 e. The molecule has 1 aromatic carbocycles. The predicted molar refractivity (Wildman–Crippen MR) is 80.7 cm³/mol. The number of nitrogens with one attached hydrogen (secondary N) is 1. The largest absolute Gasteiger partial charge is 0.396 e. The molecule has 1 atom stereocenters. The molecule has 1 unspecified atom stereocenters. The number of nitrogens with zero attached hydrogens (tertiary/aromatic N) is 1. The highest BCUT2D eigenvalue weighted by Crippen LogP contribution is 2.19. The highest BCUT2D eigenvalue weighted by atomic mass is 16.6. The molecule has 1 aromatic rings. The van der Waals surface area contributed by atoms with Gasteiger partial charge in [-0.2, -0.15) is 0 Å². The topological polar surface area (TPSA) is 92.5 Å². The minimum atomic E-state index is -0.487. The lowest BCUT2D eigenvalue weighted by atomic mass is 9.95. The van der Waals surface area contributed by atoms with Gasteiger partial charge in [-0.25, -0.2) is 0 Å². The van der Waals surface area contributed by atoms with Crippen molar-refractivity contribution in [1.29, 1.82) is 0 Å². The minimum absolute atomic E-state index is 0.0154. The minimum Gasteiger partial charge on any atom is -0.396 e. The molecule has 114 valence electrons. The number of nitro benzene ring substituents is 1. The number of aliphatic hydroxyl groups is 1. The van der Waals surface area contributed by atoms with Gasteiger partial charge in [-0.1, -0.05) is 19.1 Å². The molecule has 0 saturated heterocycles. The highest BCUT2D eigenvalue weighted by molar-refractivity contribution is 5.92. The van der Waals surface area contributed by atoms with Gasteiger partial charge in [0.15, 0.2) is 0 Å². The number of hydrogen-bond donors (Lipinski definition) is 2. The zero-order valence-corrected chi connectivity index (χ0v) is 12.2. The molecule has 6 heteroatoms. The van der Waals surface area contributed by atoms with Crippen LogP contribution in [0.2, 0.25) is 0 Å². The number of carbonyl (C=O) groups is 1. The van der Waals surface area contributed by atoms with E-state index in [4.69, 9.17) is 5.11 Å². The van der Waals surface area contributed by atoms with Crippen molar-refractivity contribution in [3.63, 3.8) is 0 Å². The average molecular weight is 292 g/mol. The molecule has 0 aromatic heterocycles. The van der Waals surface area contributed by atoms with Crippen LogP contribution in [0.5, 0.6) is 0 Å². The van der Waals surface area contributed by atoms with Crippen molar-refractivity contribution in [3.8, 4) is 0 Å². The van der Waals surface area contributed by atoms with Gasteiger partial charge in [0.2, 0.25) is 5.91 Å². The van der Waals surface area contributed by atoms with Crippen LogP contribution >= 0.6 is 0 Å². The van der Waals surface area contributed by atoms with Crippen molar-refractivity contribution in [3.05, 3.63) is 46.0 Å². The summed E-state index contributed by atoms with van der Waals surface area (Å²) in [6, 6.07) is 6.21. The van der Waals surface area contributed by atoms with Crippen LogP contribution in [-0.2, 0) is 4.79 Å². The standard InChI is InChI=1S/C15H20N2O4/c1-3-15(2,10-11-18)16-14(19)9-8-12-6-4-5-7-13(12)17(20)21/h4-9,18H,3,10-11H2,1-2H3,(H,16,19)/b9-8+. The average Bonchev–Trinajstić information content (AvgIpc) is 2.45. The summed E-state index contributed by atoms with van der Waals surface area (Å²) in [5.41, 5.74) is -0.160. The second kappa shape index (κ2) is 7.54. The van der Waals surface area contributed by atoms with Crippen LogP contribution in [-0.4, -0.2) is 28.1 Å². The molecule has 1 amide bonds. The Morgan fingerprint density at radius 2 is 2.14 bits per heavy atom. The summed E-state index contributed by atoms with van der Waals surface area (Å²) in [5.74, 6) is -0.342. The summed E-state index contributed by atoms with van der Waals surface area (Å²) in [6.07, 6.45) is 3.82. The third kappa shape index (κ3) is 5.00. The van der Waals surface area contributed by atoms with E-state index in [1.807, 2.05) is 13.8 Å². The number of hydrogen-bond acceptors (Lipinski definition) is 4. The Morgan fingerprint density at radius 3 is 2.71 bits per heavy atom. The monoisotopic (exact) mass is 292 g/mol. The van der Waals surface area contributed by atoms with Crippen molar-refractivity contribution in [2.45, 2.75) is 32.2 Å². The number of rotatable bonds is 7. The summed E-state index contributed by atoms with van der Waals surface area (Å²) in [7, 11) is 0. The molecule has 1 rings (SSSR count). The maximum absolute atomic E-state index is 11.9. The highest BCUT2D eigenvalue weighted by Gasteiger charge is 2.22. The fraction of sp³-hybridized carbons (Fsp3) is 0.400. The maximum Gasteiger partial charge on any atom is 0.276 e. The first kappa shape index (κ1) is 16.8. The first-order chi connectivity index (χ1) is 9.91. The van der Waals surface area contributed by atoms with Crippen LogP contribution in [0.4, 0.5) is 5.69 Å². The van der Waals surface area contributed by atoms with E-state index >= 15 is 0 Å². The van der Waals surface area contributed by atoms with Crippen LogP contribution < -0.4 is 5.32 Å². The molecule has 0 fully saturated rings. The molecular weight excluding hydrogens is 272 g/mol. The third-order valence-corrected chi connectivity index (χ3v) is 3.42. The molecule has 2 N–H and O–H groups in total. The van der Waals surface area contributed by atoms with Crippen molar-refractivity contribution in [2.24, 2.45) is 0 Å². The quantitative estimate of drug-likeness (QED) is 0.458. The summed E-state index contributed by atoms with van der Waals surface area (Å²) >= 11 is 0. The van der Waals surface area contributed by atoms with E-state index in [9.17, 15) is 14.9 Å². The summed E-state index contributed by atoms with van der Waals surface area (Å²) < 4.78 is 0. The maximum atomic E-state index is 11.9. The van der Waals surface area contributed by atoms with Gasteiger partial charge < -0.3 is 10.4 Å². The van der Waals surface area contributed by atoms with Gasteiger partial charge in [0.05, 0.1) is 10.5 Å². The number of aliphatic hydroxyl groups excluding tert-OH is 1. The zero-order valence-electron chi connectivity index (χ0n) is 12.2. The van der Waals surface area contributed by atoms with E-state index in [1.165, 1.54) is 18.2 Å². The summed E-state index contributed by atoms with van der Waals surface area (Å²) in [6.45, 7) is 3.75. The Hall–Kier alpha value is -2.21. The molecule has 0 heterocycles. The lowest BCUT2D eigenvalue weighted by Crippen LogP contribution is -2.45. The fourth-order valence-corrected chi connectivity index (χ4v) is 1.87. The first-order valence-corrected chi connectivity index (χ1v) is 6.76. The van der Waals surface area contributed by atoms with E-state index in [0.29, 0.717) is 18.4 Å². The van der Waals surface area contributed by atoms with Gasteiger partial charge >= 0.3 is 0 Å². The van der Waals surface area contributed by atoms with Crippen molar-refractivity contribution in [1.82, 2.24) is 5.32 Å². The number of carbonyl (C=O) groups excluding carboxylic acids is 1. The molecule has 0 saturated carbocycles. The Balaban J connectivity index is 2.81. The van der Waals surface area contributed by atoms with Gasteiger partial charge in [-0.3, -0.25) is 14.9 Å². The van der Waals surface area contributed by atoms with Crippen molar-refractivity contribution < 1.29 is 14.8 Å². The Morgan fingerprint density at radius 1 is 1.48 bits per heavy atom. The van der Waals surface area contributed by atoms with Crippen molar-refractivity contribution in [2.75, 3.05) is 6.61 Å².